The highest BCUT2D eigenvalue weighted by atomic mass is 32.3. The highest BCUT2D eigenvalue weighted by molar-refractivity contribution is 7.81. The van der Waals surface area contributed by atoms with E-state index in [9.17, 15) is 35.5 Å². The second-order valence-electron chi connectivity index (χ2n) is 20.8. The van der Waals surface area contributed by atoms with Crippen LogP contribution in [0, 0.1) is 0 Å². The average Bonchev–Trinajstić information content (AvgIpc) is 3.52. The van der Waals surface area contributed by atoms with Crippen LogP contribution in [0.25, 0.3) is 0 Å². The lowest BCUT2D eigenvalue weighted by Crippen LogP contribution is -2.62. The van der Waals surface area contributed by atoms with E-state index < -0.39 is 82.8 Å². The van der Waals surface area contributed by atoms with Gasteiger partial charge in [0, 0.05) is 6.42 Å². The average molecular weight is 1140 g/mol. The molecule has 1 saturated heterocycles. The van der Waals surface area contributed by atoms with Crippen LogP contribution in [0.3, 0.4) is 0 Å². The normalized spacial score (nSPS) is 18.6. The molecule has 3 aromatic carbocycles. The maximum absolute atomic E-state index is 14.1. The lowest BCUT2D eigenvalue weighted by molar-refractivity contribution is -0.316. The Morgan fingerprint density at radius 1 is 0.570 bits per heavy atom. The molecule has 1 aliphatic rings. The highest BCUT2D eigenvalue weighted by Crippen LogP contribution is 2.32. The molecule has 4 rings (SSSR count). The summed E-state index contributed by atoms with van der Waals surface area (Å²) in [6, 6.07) is 25.3. The van der Waals surface area contributed by atoms with Crippen molar-refractivity contribution in [2.75, 3.05) is 13.2 Å². The number of rotatable bonds is 45. The first-order valence-electron chi connectivity index (χ1n) is 29.3. The Balaban J connectivity index is 1.62. The fourth-order valence-electron chi connectivity index (χ4n) is 9.63. The van der Waals surface area contributed by atoms with Crippen molar-refractivity contribution < 1.29 is 67.6 Å². The summed E-state index contributed by atoms with van der Waals surface area (Å²) in [5, 5.41) is 3.09. The number of benzene rings is 3. The topological polar surface area (TPSA) is 220 Å². The molecular weight excluding hydrogens is 1050 g/mol. The first kappa shape index (κ1) is 67.4. The van der Waals surface area contributed by atoms with Crippen molar-refractivity contribution in [1.29, 1.82) is 0 Å². The van der Waals surface area contributed by atoms with Gasteiger partial charge < -0.3 is 29.0 Å². The molecule has 16 nitrogen and oxygen atoms in total. The van der Waals surface area contributed by atoms with E-state index in [1.807, 2.05) is 12.1 Å². The fraction of sp³-hybridized carbons (Fsp3) is 0.639. The molecule has 3 aromatic rings. The number of carbonyl (C=O) groups excluding carboxylic acids is 2. The van der Waals surface area contributed by atoms with Crippen molar-refractivity contribution >= 4 is 32.7 Å². The van der Waals surface area contributed by atoms with E-state index in [0.29, 0.717) is 29.5 Å². The molecule has 1 aliphatic heterocycles. The molecule has 0 aliphatic carbocycles. The number of unbranched alkanes of at least 4 members (excludes halogenated alkanes) is 23. The number of allylic oxidation sites excluding steroid dienone is 1. The maximum Gasteiger partial charge on any atom is 0.397 e. The summed E-state index contributed by atoms with van der Waals surface area (Å²) in [6.07, 6.45) is 23.5. The van der Waals surface area contributed by atoms with Gasteiger partial charge in [-0.3, -0.25) is 13.9 Å². The van der Waals surface area contributed by atoms with Crippen LogP contribution in [0.2, 0.25) is 0 Å². The fourth-order valence-corrected chi connectivity index (χ4v) is 10.5. The van der Waals surface area contributed by atoms with Crippen LogP contribution in [-0.4, -0.2) is 93.9 Å². The van der Waals surface area contributed by atoms with Gasteiger partial charge in [0.15, 0.2) is 6.29 Å². The summed E-state index contributed by atoms with van der Waals surface area (Å²) in [4.78, 5) is 28.0. The summed E-state index contributed by atoms with van der Waals surface area (Å²) in [5.41, 5.74) is 1.64. The summed E-state index contributed by atoms with van der Waals surface area (Å²) < 4.78 is 111. The quantitative estimate of drug-likeness (QED) is 0.0207. The van der Waals surface area contributed by atoms with Crippen molar-refractivity contribution in [1.82, 2.24) is 5.32 Å². The van der Waals surface area contributed by atoms with Gasteiger partial charge in [0.05, 0.1) is 38.0 Å². The molecule has 1 fully saturated rings. The second-order valence-corrected chi connectivity index (χ2v) is 22.9. The Morgan fingerprint density at radius 3 is 1.51 bits per heavy atom. The highest BCUT2D eigenvalue weighted by Gasteiger charge is 2.51. The Hall–Kier alpha value is -4.08. The van der Waals surface area contributed by atoms with Gasteiger partial charge in [-0.25, -0.2) is 13.2 Å². The Morgan fingerprint density at radius 2 is 1.03 bits per heavy atom. The molecule has 0 spiro atoms. The third-order valence-corrected chi connectivity index (χ3v) is 14.9. The van der Waals surface area contributed by atoms with E-state index in [1.54, 1.807) is 91.0 Å². The molecule has 18 heteroatoms. The van der Waals surface area contributed by atoms with Gasteiger partial charge in [0.2, 0.25) is 5.91 Å². The zero-order chi connectivity index (χ0) is 56.8. The molecule has 0 aromatic heterocycles. The van der Waals surface area contributed by atoms with Crippen molar-refractivity contribution in [3.63, 3.8) is 0 Å². The van der Waals surface area contributed by atoms with Gasteiger partial charge in [0.25, 0.3) is 0 Å². The molecule has 0 bridgehead atoms. The standard InChI is InChI=1S/C61H93NO15S2/c1-3-5-7-9-11-13-15-17-19-21-23-25-36-44-54(75-60(64)52-42-34-29-35-43-52)53(62-56(63)45-37-26-24-22-20-18-16-14-12-10-8-6-4-2)48-73-61-59(72-47-51-40-32-28-33-41-51)58(71-46-50-38-30-27-31-39-50)57(77-79(68,69)70)55(76-61)49-74-78(65,66)67/h27-36,38-44,53-55,57-59,61H,3-26,37,45-49H2,1-2H3,(H,62,63)(H,65,66,67)(H,68,69,70)/b44-36+/t53-,54+,55+,57-,58-,59+,61-/m0/s1. The Kier molecular flexibility index (Phi) is 34.3. The predicted molar refractivity (Wildman–Crippen MR) is 307 cm³/mol. The van der Waals surface area contributed by atoms with Crippen LogP contribution < -0.4 is 5.32 Å². The monoisotopic (exact) mass is 1140 g/mol. The van der Waals surface area contributed by atoms with Crippen LogP contribution in [0.5, 0.6) is 0 Å². The number of carbonyl (C=O) groups is 2. The number of hydrogen-bond acceptors (Lipinski definition) is 13. The minimum absolute atomic E-state index is 0.0942. The minimum atomic E-state index is -5.29. The van der Waals surface area contributed by atoms with Gasteiger partial charge in [-0.15, -0.1) is 0 Å². The first-order chi connectivity index (χ1) is 38.3. The number of ether oxygens (including phenoxy) is 5. The van der Waals surface area contributed by atoms with Crippen molar-refractivity contribution in [2.45, 2.75) is 237 Å². The van der Waals surface area contributed by atoms with Crippen LogP contribution in [0.4, 0.5) is 0 Å². The zero-order valence-electron chi connectivity index (χ0n) is 47.1. The third kappa shape index (κ3) is 30.5. The molecule has 79 heavy (non-hydrogen) atoms. The summed E-state index contributed by atoms with van der Waals surface area (Å²) in [7, 11) is -10.4. The van der Waals surface area contributed by atoms with Crippen molar-refractivity contribution in [2.24, 2.45) is 0 Å². The SMILES string of the molecule is CCCCCCCCCCCCC/C=C/[C@@H](OC(=O)c1ccccc1)[C@H](CO[C@H]1O[C@H](COS(=O)(=O)O)[C@H](OS(=O)(=O)O)[C@H](OCc2ccccc2)[C@H]1OCc1ccccc1)NC(=O)CCCCCCCCCCCCCCC. The summed E-state index contributed by atoms with van der Waals surface area (Å²) >= 11 is 0. The van der Waals surface area contributed by atoms with Gasteiger partial charge in [-0.2, -0.15) is 16.8 Å². The van der Waals surface area contributed by atoms with Gasteiger partial charge >= 0.3 is 26.8 Å². The van der Waals surface area contributed by atoms with Crippen molar-refractivity contribution in [3.8, 4) is 0 Å². The number of hydrogen-bond donors (Lipinski definition) is 3. The summed E-state index contributed by atoms with van der Waals surface area (Å²) in [6.45, 7) is 2.80. The van der Waals surface area contributed by atoms with Crippen LogP contribution in [0.1, 0.15) is 202 Å². The zero-order valence-corrected chi connectivity index (χ0v) is 48.7. The van der Waals surface area contributed by atoms with Gasteiger partial charge in [0.1, 0.15) is 30.5 Å². The second kappa shape index (κ2) is 40.2. The number of nitrogens with one attached hydrogen (secondary N) is 1. The molecule has 1 amide bonds. The smallest absolute Gasteiger partial charge is 0.397 e. The van der Waals surface area contributed by atoms with Gasteiger partial charge in [-0.1, -0.05) is 240 Å². The van der Waals surface area contributed by atoms with Crippen LogP contribution in [-0.2, 0) is 70.9 Å². The first-order valence-corrected chi connectivity index (χ1v) is 32.1. The molecule has 7 atom stereocenters. The van der Waals surface area contributed by atoms with E-state index in [4.69, 9.17) is 32.1 Å². The molecule has 1 heterocycles. The minimum Gasteiger partial charge on any atom is -0.452 e. The lowest BCUT2D eigenvalue weighted by atomic mass is 9.98. The van der Waals surface area contributed by atoms with E-state index in [1.165, 1.54) is 103 Å². The van der Waals surface area contributed by atoms with Crippen molar-refractivity contribution in [3.05, 3.63) is 120 Å². The third-order valence-electron chi connectivity index (χ3n) is 14.0. The summed E-state index contributed by atoms with van der Waals surface area (Å²) in [5.74, 6) is -0.941. The molecule has 444 valence electrons. The predicted octanol–water partition coefficient (Wildman–Crippen LogP) is 13.4. The van der Waals surface area contributed by atoms with Crippen LogP contribution >= 0.6 is 0 Å². The van der Waals surface area contributed by atoms with Crippen LogP contribution in [0.15, 0.2) is 103 Å². The number of amides is 1. The molecular formula is C61H93NO15S2. The van der Waals surface area contributed by atoms with E-state index in [2.05, 4.69) is 19.2 Å². The van der Waals surface area contributed by atoms with Gasteiger partial charge in [-0.05, 0) is 48.6 Å². The van der Waals surface area contributed by atoms with E-state index in [0.717, 1.165) is 44.9 Å². The molecule has 0 radical (unpaired) electrons. The molecule has 3 N–H and O–H groups in total. The maximum atomic E-state index is 14.1. The number of esters is 1. The van der Waals surface area contributed by atoms with E-state index >= 15 is 0 Å². The Labute approximate surface area is 473 Å². The van der Waals surface area contributed by atoms with E-state index in [-0.39, 0.29) is 25.5 Å². The lowest BCUT2D eigenvalue weighted by Gasteiger charge is -2.45. The Bertz CT molecular complexity index is 2310. The molecule has 0 unspecified atom stereocenters. The largest absolute Gasteiger partial charge is 0.452 e. The molecule has 0 saturated carbocycles.